The molecule has 0 N–H and O–H groups in total. The molecule has 1 atom stereocenters. The molecule has 2 aromatic carbocycles. The number of amides is 2. The molecule has 10 heteroatoms. The van der Waals surface area contributed by atoms with E-state index in [1.807, 2.05) is 0 Å². The first-order valence-corrected chi connectivity index (χ1v) is 12.4. The van der Waals surface area contributed by atoms with Gasteiger partial charge in [0.2, 0.25) is 15.9 Å². The molecule has 4 rings (SSSR count). The van der Waals surface area contributed by atoms with Crippen molar-refractivity contribution < 1.29 is 32.3 Å². The molecule has 0 aromatic heterocycles. The Bertz CT molecular complexity index is 1190. The predicted octanol–water partition coefficient (Wildman–Crippen LogP) is 2.75. The number of rotatable bonds is 7. The average Bonchev–Trinajstić information content (AvgIpc) is 3.47. The number of benzene rings is 2. The zero-order valence-corrected chi connectivity index (χ0v) is 19.8. The van der Waals surface area contributed by atoms with E-state index in [2.05, 4.69) is 4.74 Å². The summed E-state index contributed by atoms with van der Waals surface area (Å²) in [6.45, 7) is 0. The number of carbonyl (C=O) groups excluding carboxylic acids is 3. The highest BCUT2D eigenvalue weighted by Crippen LogP contribution is 2.36. The maximum absolute atomic E-state index is 13.7. The van der Waals surface area contributed by atoms with Gasteiger partial charge in [0.15, 0.2) is 0 Å². The Morgan fingerprint density at radius 1 is 0.971 bits per heavy atom. The molecule has 2 aliphatic rings. The van der Waals surface area contributed by atoms with Gasteiger partial charge in [-0.15, -0.1) is 0 Å². The van der Waals surface area contributed by atoms with E-state index in [1.54, 1.807) is 12.1 Å². The fraction of sp³-hybridized carbons (Fsp3) is 0.375. The van der Waals surface area contributed by atoms with Crippen molar-refractivity contribution in [1.82, 2.24) is 4.31 Å². The van der Waals surface area contributed by atoms with E-state index in [9.17, 15) is 22.8 Å². The molecule has 180 valence electrons. The zero-order valence-electron chi connectivity index (χ0n) is 19.0. The largest absolute Gasteiger partial charge is 0.497 e. The summed E-state index contributed by atoms with van der Waals surface area (Å²) in [5.41, 5.74) is 0.551. The van der Waals surface area contributed by atoms with Crippen LogP contribution in [-0.4, -0.2) is 56.8 Å². The summed E-state index contributed by atoms with van der Waals surface area (Å²) in [6.07, 6.45) is 2.71. The van der Waals surface area contributed by atoms with E-state index in [-0.39, 0.29) is 28.6 Å². The van der Waals surface area contributed by atoms with Gasteiger partial charge in [-0.2, -0.15) is 4.31 Å². The van der Waals surface area contributed by atoms with Gasteiger partial charge < -0.3 is 9.47 Å². The molecular formula is C24H26N2O7S. The molecule has 0 radical (unpaired) electrons. The summed E-state index contributed by atoms with van der Waals surface area (Å²) >= 11 is 0. The summed E-state index contributed by atoms with van der Waals surface area (Å²) in [5, 5.41) is 0. The Balaban J connectivity index is 1.68. The second kappa shape index (κ2) is 9.55. The lowest BCUT2D eigenvalue weighted by Crippen LogP contribution is -2.49. The number of esters is 1. The van der Waals surface area contributed by atoms with Gasteiger partial charge in [0.1, 0.15) is 11.8 Å². The van der Waals surface area contributed by atoms with Gasteiger partial charge in [-0.25, -0.2) is 18.1 Å². The SMILES string of the molecule is COC(=O)c1ccc(N2C(=O)CC(N(C3CCCC3)S(=O)(=O)c3ccc(OC)cc3)C2=O)cc1. The monoisotopic (exact) mass is 486 g/mol. The summed E-state index contributed by atoms with van der Waals surface area (Å²) in [7, 11) is -1.31. The van der Waals surface area contributed by atoms with E-state index in [0.717, 1.165) is 17.7 Å². The molecule has 1 saturated carbocycles. The van der Waals surface area contributed by atoms with Gasteiger partial charge >= 0.3 is 5.97 Å². The number of carbonyl (C=O) groups is 3. The van der Waals surface area contributed by atoms with Crippen LogP contribution in [0.25, 0.3) is 0 Å². The van der Waals surface area contributed by atoms with Crippen LogP contribution in [0.3, 0.4) is 0 Å². The molecule has 9 nitrogen and oxygen atoms in total. The molecule has 2 fully saturated rings. The van der Waals surface area contributed by atoms with Crippen molar-refractivity contribution in [2.45, 2.75) is 49.1 Å². The Hall–Kier alpha value is -3.24. The maximum Gasteiger partial charge on any atom is 0.337 e. The quantitative estimate of drug-likeness (QED) is 0.437. The van der Waals surface area contributed by atoms with Crippen molar-refractivity contribution in [2.24, 2.45) is 0 Å². The Morgan fingerprint density at radius 2 is 1.59 bits per heavy atom. The minimum atomic E-state index is -4.06. The van der Waals surface area contributed by atoms with Crippen molar-refractivity contribution >= 4 is 33.5 Å². The fourth-order valence-corrected chi connectivity index (χ4v) is 6.42. The summed E-state index contributed by atoms with van der Waals surface area (Å²) in [5.74, 6) is -1.12. The van der Waals surface area contributed by atoms with Crippen LogP contribution in [0, 0.1) is 0 Å². The van der Waals surface area contributed by atoms with Gasteiger partial charge in [0.05, 0.1) is 36.8 Å². The second-order valence-electron chi connectivity index (χ2n) is 8.27. The number of nitrogens with zero attached hydrogens (tertiary/aromatic N) is 2. The van der Waals surface area contributed by atoms with Crippen molar-refractivity contribution in [3.63, 3.8) is 0 Å². The molecule has 2 aromatic rings. The van der Waals surface area contributed by atoms with Gasteiger partial charge in [0.25, 0.3) is 5.91 Å². The van der Waals surface area contributed by atoms with Crippen LogP contribution >= 0.6 is 0 Å². The number of anilines is 1. The highest BCUT2D eigenvalue weighted by Gasteiger charge is 2.49. The van der Waals surface area contributed by atoms with E-state index in [1.165, 1.54) is 54.9 Å². The Kier molecular flexibility index (Phi) is 6.72. The van der Waals surface area contributed by atoms with Crippen LogP contribution in [0.5, 0.6) is 5.75 Å². The minimum Gasteiger partial charge on any atom is -0.497 e. The molecule has 0 bridgehead atoms. The number of imide groups is 1. The molecule has 1 aliphatic carbocycles. The normalized spacial score (nSPS) is 19.1. The number of hydrogen-bond acceptors (Lipinski definition) is 7. The van der Waals surface area contributed by atoms with Crippen LogP contribution in [-0.2, 0) is 24.3 Å². The molecule has 1 heterocycles. The van der Waals surface area contributed by atoms with Gasteiger partial charge in [0, 0.05) is 6.04 Å². The highest BCUT2D eigenvalue weighted by atomic mass is 32.2. The predicted molar refractivity (Wildman–Crippen MR) is 123 cm³/mol. The van der Waals surface area contributed by atoms with Gasteiger partial charge in [-0.05, 0) is 61.4 Å². The van der Waals surface area contributed by atoms with Crippen molar-refractivity contribution in [2.75, 3.05) is 19.1 Å². The number of ether oxygens (including phenoxy) is 2. The van der Waals surface area contributed by atoms with Crippen LogP contribution in [0.15, 0.2) is 53.4 Å². The lowest BCUT2D eigenvalue weighted by Gasteiger charge is -2.32. The molecule has 2 amide bonds. The third-order valence-corrected chi connectivity index (χ3v) is 8.27. The Labute approximate surface area is 198 Å². The van der Waals surface area contributed by atoms with Crippen LogP contribution < -0.4 is 9.64 Å². The van der Waals surface area contributed by atoms with Gasteiger partial charge in [-0.1, -0.05) is 12.8 Å². The fourth-order valence-electron chi connectivity index (χ4n) is 4.60. The summed E-state index contributed by atoms with van der Waals surface area (Å²) in [6, 6.07) is 10.4. The number of methoxy groups -OCH3 is 2. The first-order valence-electron chi connectivity index (χ1n) is 11.0. The van der Waals surface area contributed by atoms with Crippen LogP contribution in [0.1, 0.15) is 42.5 Å². The van der Waals surface area contributed by atoms with Crippen LogP contribution in [0.4, 0.5) is 5.69 Å². The standard InChI is InChI=1S/C24H26N2O7S/c1-32-19-11-13-20(14-12-19)34(30,31)26(18-5-3-4-6-18)21-15-22(27)25(23(21)28)17-9-7-16(8-10-17)24(29)33-2/h7-14,18,21H,3-6,15H2,1-2H3. The van der Waals surface area contributed by atoms with E-state index in [4.69, 9.17) is 4.74 Å². The summed E-state index contributed by atoms with van der Waals surface area (Å²) in [4.78, 5) is 39.1. The molecule has 1 unspecified atom stereocenters. The number of hydrogen-bond donors (Lipinski definition) is 0. The minimum absolute atomic E-state index is 0.0429. The van der Waals surface area contributed by atoms with Gasteiger partial charge in [-0.3, -0.25) is 9.59 Å². The van der Waals surface area contributed by atoms with E-state index in [0.29, 0.717) is 18.6 Å². The lowest BCUT2D eigenvalue weighted by atomic mass is 10.1. The number of sulfonamides is 1. The average molecular weight is 487 g/mol. The second-order valence-corrected chi connectivity index (χ2v) is 10.1. The van der Waals surface area contributed by atoms with E-state index < -0.39 is 33.8 Å². The van der Waals surface area contributed by atoms with Crippen LogP contribution in [0.2, 0.25) is 0 Å². The third-order valence-electron chi connectivity index (χ3n) is 6.30. The topological polar surface area (TPSA) is 110 Å². The molecule has 34 heavy (non-hydrogen) atoms. The highest BCUT2D eigenvalue weighted by molar-refractivity contribution is 7.89. The molecular weight excluding hydrogens is 460 g/mol. The molecule has 1 saturated heterocycles. The third kappa shape index (κ3) is 4.30. The van der Waals surface area contributed by atoms with Crippen molar-refractivity contribution in [1.29, 1.82) is 0 Å². The Morgan fingerprint density at radius 3 is 2.15 bits per heavy atom. The maximum atomic E-state index is 13.7. The molecule has 0 spiro atoms. The van der Waals surface area contributed by atoms with Crippen molar-refractivity contribution in [3.8, 4) is 5.75 Å². The summed E-state index contributed by atoms with van der Waals surface area (Å²) < 4.78 is 38.5. The van der Waals surface area contributed by atoms with Crippen molar-refractivity contribution in [3.05, 3.63) is 54.1 Å². The zero-order chi connectivity index (χ0) is 24.5. The molecule has 1 aliphatic heterocycles. The first kappa shape index (κ1) is 23.9. The lowest BCUT2D eigenvalue weighted by molar-refractivity contribution is -0.122. The van der Waals surface area contributed by atoms with E-state index >= 15 is 0 Å². The smallest absolute Gasteiger partial charge is 0.337 e. The first-order chi connectivity index (χ1) is 16.3.